The van der Waals surface area contributed by atoms with Crippen LogP contribution >= 0.6 is 0 Å². The van der Waals surface area contributed by atoms with Crippen molar-refractivity contribution in [1.82, 2.24) is 20.2 Å². The standard InChI is InChI=1S/C6H12FN5/c1-4(3-8)5(7)6-9-10-11-12(6)2/h4-5H,3,8H2,1-2H3. The maximum absolute atomic E-state index is 13.4. The first-order valence-electron chi connectivity index (χ1n) is 3.73. The summed E-state index contributed by atoms with van der Waals surface area (Å²) < 4.78 is 14.7. The number of aryl methyl sites for hydroxylation is 1. The highest BCUT2D eigenvalue weighted by molar-refractivity contribution is 4.89. The summed E-state index contributed by atoms with van der Waals surface area (Å²) in [6, 6.07) is 0. The lowest BCUT2D eigenvalue weighted by molar-refractivity contribution is 0.232. The van der Waals surface area contributed by atoms with Gasteiger partial charge < -0.3 is 5.73 Å². The van der Waals surface area contributed by atoms with Crippen molar-refractivity contribution in [3.8, 4) is 0 Å². The van der Waals surface area contributed by atoms with Gasteiger partial charge in [-0.15, -0.1) is 5.10 Å². The SMILES string of the molecule is CC(CN)C(F)c1nnnn1C. The molecule has 2 unspecified atom stereocenters. The van der Waals surface area contributed by atoms with E-state index in [0.29, 0.717) is 0 Å². The molecule has 0 bridgehead atoms. The summed E-state index contributed by atoms with van der Waals surface area (Å²) in [4.78, 5) is 0. The van der Waals surface area contributed by atoms with Crippen molar-refractivity contribution in [1.29, 1.82) is 0 Å². The molecule has 0 radical (unpaired) electrons. The molecule has 0 aliphatic rings. The number of tetrazole rings is 1. The Morgan fingerprint density at radius 2 is 2.33 bits per heavy atom. The van der Waals surface area contributed by atoms with Crippen molar-refractivity contribution in [3.63, 3.8) is 0 Å². The molecule has 1 aromatic rings. The number of rotatable bonds is 3. The van der Waals surface area contributed by atoms with Crippen molar-refractivity contribution in [2.24, 2.45) is 18.7 Å². The van der Waals surface area contributed by atoms with Crippen LogP contribution in [0, 0.1) is 5.92 Å². The molecule has 2 N–H and O–H groups in total. The average Bonchev–Trinajstić information content (AvgIpc) is 2.48. The smallest absolute Gasteiger partial charge is 0.185 e. The fraction of sp³-hybridized carbons (Fsp3) is 0.833. The fourth-order valence-electron chi connectivity index (χ4n) is 0.844. The van der Waals surface area contributed by atoms with E-state index in [4.69, 9.17) is 5.73 Å². The van der Waals surface area contributed by atoms with Crippen LogP contribution in [0.4, 0.5) is 4.39 Å². The summed E-state index contributed by atoms with van der Waals surface area (Å²) in [7, 11) is 1.60. The summed E-state index contributed by atoms with van der Waals surface area (Å²) in [6.45, 7) is 2.01. The highest BCUT2D eigenvalue weighted by atomic mass is 19.1. The molecule has 68 valence electrons. The van der Waals surface area contributed by atoms with Gasteiger partial charge in [-0.2, -0.15) is 0 Å². The van der Waals surface area contributed by atoms with Gasteiger partial charge in [-0.25, -0.2) is 9.07 Å². The molecule has 0 aliphatic carbocycles. The zero-order valence-electron chi connectivity index (χ0n) is 7.11. The van der Waals surface area contributed by atoms with Gasteiger partial charge in [0.1, 0.15) is 0 Å². The second-order valence-corrected chi connectivity index (χ2v) is 2.78. The van der Waals surface area contributed by atoms with Gasteiger partial charge in [-0.05, 0) is 17.0 Å². The van der Waals surface area contributed by atoms with Gasteiger partial charge in [0.2, 0.25) is 0 Å². The Morgan fingerprint density at radius 1 is 1.67 bits per heavy atom. The van der Waals surface area contributed by atoms with E-state index in [2.05, 4.69) is 15.5 Å². The van der Waals surface area contributed by atoms with Crippen LogP contribution in [-0.2, 0) is 7.05 Å². The van der Waals surface area contributed by atoms with Crippen molar-refractivity contribution in [2.75, 3.05) is 6.54 Å². The molecule has 5 nitrogen and oxygen atoms in total. The molecule has 12 heavy (non-hydrogen) atoms. The topological polar surface area (TPSA) is 69.6 Å². The van der Waals surface area contributed by atoms with Gasteiger partial charge in [0, 0.05) is 13.0 Å². The Balaban J connectivity index is 2.77. The van der Waals surface area contributed by atoms with Crippen LogP contribution in [-0.4, -0.2) is 26.8 Å². The number of hydrogen-bond donors (Lipinski definition) is 1. The quantitative estimate of drug-likeness (QED) is 0.688. The average molecular weight is 173 g/mol. The third-order valence-corrected chi connectivity index (χ3v) is 1.77. The second kappa shape index (κ2) is 3.57. The number of nitrogens with zero attached hydrogens (tertiary/aromatic N) is 4. The van der Waals surface area contributed by atoms with Crippen LogP contribution in [0.25, 0.3) is 0 Å². The van der Waals surface area contributed by atoms with Crippen LogP contribution < -0.4 is 5.73 Å². The number of hydrogen-bond acceptors (Lipinski definition) is 4. The molecule has 0 spiro atoms. The van der Waals surface area contributed by atoms with Gasteiger partial charge in [0.25, 0.3) is 0 Å². The van der Waals surface area contributed by atoms with Crippen molar-refractivity contribution >= 4 is 0 Å². The van der Waals surface area contributed by atoms with E-state index in [-0.39, 0.29) is 18.3 Å². The normalized spacial score (nSPS) is 16.0. The Morgan fingerprint density at radius 3 is 2.75 bits per heavy atom. The van der Waals surface area contributed by atoms with Crippen LogP contribution in [0.5, 0.6) is 0 Å². The maximum Gasteiger partial charge on any atom is 0.185 e. The zero-order chi connectivity index (χ0) is 9.14. The minimum atomic E-state index is -1.19. The Bertz CT molecular complexity index is 248. The molecule has 1 aromatic heterocycles. The lowest BCUT2D eigenvalue weighted by Gasteiger charge is -2.11. The minimum absolute atomic E-state index is 0.230. The van der Waals surface area contributed by atoms with Gasteiger partial charge >= 0.3 is 0 Å². The van der Waals surface area contributed by atoms with Gasteiger partial charge in [0.05, 0.1) is 0 Å². The first-order valence-corrected chi connectivity index (χ1v) is 3.73. The third kappa shape index (κ3) is 1.58. The number of alkyl halides is 1. The maximum atomic E-state index is 13.4. The van der Waals surface area contributed by atoms with E-state index in [1.54, 1.807) is 14.0 Å². The molecule has 1 heterocycles. The molecule has 0 saturated heterocycles. The third-order valence-electron chi connectivity index (χ3n) is 1.77. The Hall–Kier alpha value is -1.04. The summed E-state index contributed by atoms with van der Waals surface area (Å²) in [5.41, 5.74) is 5.31. The van der Waals surface area contributed by atoms with E-state index in [0.717, 1.165) is 0 Å². The summed E-state index contributed by atoms with van der Waals surface area (Å²) in [6.07, 6.45) is -1.19. The lowest BCUT2D eigenvalue weighted by Crippen LogP contribution is -2.18. The summed E-state index contributed by atoms with van der Waals surface area (Å²) >= 11 is 0. The van der Waals surface area contributed by atoms with Crippen molar-refractivity contribution in [3.05, 3.63) is 5.82 Å². The van der Waals surface area contributed by atoms with Gasteiger partial charge in [0.15, 0.2) is 12.0 Å². The van der Waals surface area contributed by atoms with E-state index in [1.165, 1.54) is 4.68 Å². The highest BCUT2D eigenvalue weighted by Crippen LogP contribution is 2.21. The first kappa shape index (κ1) is 9.05. The summed E-state index contributed by atoms with van der Waals surface area (Å²) in [5.74, 6) is -0.0253. The molecule has 0 amide bonds. The number of nitrogens with two attached hydrogens (primary N) is 1. The van der Waals surface area contributed by atoms with E-state index >= 15 is 0 Å². The molecule has 0 aliphatic heterocycles. The van der Waals surface area contributed by atoms with Gasteiger partial charge in [-0.1, -0.05) is 6.92 Å². The van der Waals surface area contributed by atoms with E-state index < -0.39 is 6.17 Å². The molecular weight excluding hydrogens is 161 g/mol. The largest absolute Gasteiger partial charge is 0.330 e. The van der Waals surface area contributed by atoms with Crippen molar-refractivity contribution < 1.29 is 4.39 Å². The molecule has 1 rings (SSSR count). The van der Waals surface area contributed by atoms with Crippen molar-refractivity contribution in [2.45, 2.75) is 13.1 Å². The predicted octanol–water partition coefficient (Wildman–Crippen LogP) is -0.185. The molecule has 0 fully saturated rings. The first-order chi connectivity index (χ1) is 5.66. The molecule has 2 atom stereocenters. The van der Waals surface area contributed by atoms with Gasteiger partial charge in [-0.3, -0.25) is 0 Å². The predicted molar refractivity (Wildman–Crippen MR) is 40.9 cm³/mol. The molecule has 6 heteroatoms. The molecule has 0 saturated carbocycles. The highest BCUT2D eigenvalue weighted by Gasteiger charge is 2.22. The Kier molecular flexibility index (Phi) is 2.69. The van der Waals surface area contributed by atoms with Crippen LogP contribution in [0.2, 0.25) is 0 Å². The van der Waals surface area contributed by atoms with Crippen LogP contribution in [0.1, 0.15) is 18.9 Å². The summed E-state index contributed by atoms with van der Waals surface area (Å²) in [5, 5.41) is 10.4. The molecular formula is C6H12FN5. The Labute approximate surface area is 69.7 Å². The second-order valence-electron chi connectivity index (χ2n) is 2.78. The monoisotopic (exact) mass is 173 g/mol. The van der Waals surface area contributed by atoms with E-state index in [9.17, 15) is 4.39 Å². The lowest BCUT2D eigenvalue weighted by atomic mass is 10.1. The van der Waals surface area contributed by atoms with E-state index in [1.807, 2.05) is 0 Å². The number of aromatic nitrogens is 4. The fourth-order valence-corrected chi connectivity index (χ4v) is 0.844. The van der Waals surface area contributed by atoms with Crippen LogP contribution in [0.15, 0.2) is 0 Å². The van der Waals surface area contributed by atoms with Crippen LogP contribution in [0.3, 0.4) is 0 Å². The number of halogens is 1. The molecule has 0 aromatic carbocycles. The zero-order valence-corrected chi connectivity index (χ0v) is 7.11. The minimum Gasteiger partial charge on any atom is -0.330 e.